The maximum Gasteiger partial charge on any atom is -0.109 e. The summed E-state index contributed by atoms with van der Waals surface area (Å²) in [7, 11) is 0. The Hall–Kier alpha value is -2.96. The van der Waals surface area contributed by atoms with Crippen molar-refractivity contribution in [3.8, 4) is 0 Å². The molecule has 0 bridgehead atoms. The molecule has 0 amide bonds. The summed E-state index contributed by atoms with van der Waals surface area (Å²) in [6.45, 7) is 13.4. The molecule has 0 nitrogen and oxygen atoms in total. The van der Waals surface area contributed by atoms with Gasteiger partial charge in [0.25, 0.3) is 0 Å². The number of hydrogen-bond acceptors (Lipinski definition) is 0. The molecule has 232 valence electrons. The number of hydrogen-bond donors (Lipinski definition) is 0. The minimum Gasteiger partial charge on any atom is -1.00 e. The van der Waals surface area contributed by atoms with Crippen molar-refractivity contribution in [3.63, 3.8) is 0 Å². The number of halogens is 2. The quantitative estimate of drug-likeness (QED) is 0.224. The molecule has 3 aliphatic rings. The maximum atomic E-state index is 2.99. The van der Waals surface area contributed by atoms with Gasteiger partial charge in [0.15, 0.2) is 0 Å². The molecule has 0 fully saturated rings. The summed E-state index contributed by atoms with van der Waals surface area (Å²) in [5.74, 6) is 0. The van der Waals surface area contributed by atoms with E-state index < -0.39 is 0 Å². The van der Waals surface area contributed by atoms with Gasteiger partial charge in [-0.15, -0.1) is 46.2 Å². The summed E-state index contributed by atoms with van der Waals surface area (Å²) in [4.78, 5) is 0. The van der Waals surface area contributed by atoms with E-state index in [9.17, 15) is 0 Å². The Morgan fingerprint density at radius 1 is 0.674 bits per heavy atom. The Bertz CT molecular complexity index is 1850. The number of fused-ring (bicyclic) bond motifs is 5. The van der Waals surface area contributed by atoms with Crippen molar-refractivity contribution in [3.05, 3.63) is 160 Å². The van der Waals surface area contributed by atoms with Crippen LogP contribution in [-0.2, 0) is 35.1 Å². The molecule has 3 aliphatic carbocycles. The van der Waals surface area contributed by atoms with E-state index in [1.54, 1.807) is 0 Å². The van der Waals surface area contributed by atoms with Crippen LogP contribution in [0.3, 0.4) is 0 Å². The molecule has 46 heavy (non-hydrogen) atoms. The van der Waals surface area contributed by atoms with Crippen LogP contribution in [0.5, 0.6) is 0 Å². The summed E-state index contributed by atoms with van der Waals surface area (Å²) in [5.41, 5.74) is 11.3. The number of benzene rings is 4. The summed E-state index contributed by atoms with van der Waals surface area (Å²) < 4.78 is 1.42. The van der Waals surface area contributed by atoms with Gasteiger partial charge in [0.05, 0.1) is 0 Å². The second-order valence-electron chi connectivity index (χ2n) is 13.4. The van der Waals surface area contributed by atoms with E-state index in [1.807, 2.05) is 12.2 Å². The zero-order valence-electron chi connectivity index (χ0n) is 27.5. The summed E-state index contributed by atoms with van der Waals surface area (Å²) >= 11 is 1.46. The van der Waals surface area contributed by atoms with Gasteiger partial charge in [-0.1, -0.05) is 75.3 Å². The van der Waals surface area contributed by atoms with E-state index in [2.05, 4.69) is 157 Å². The first kappa shape index (κ1) is 35.9. The van der Waals surface area contributed by atoms with Gasteiger partial charge in [0.1, 0.15) is 0 Å². The summed E-state index contributed by atoms with van der Waals surface area (Å²) in [5, 5.41) is 5.53. The van der Waals surface area contributed by atoms with Crippen LogP contribution < -0.4 is 24.8 Å². The first-order chi connectivity index (χ1) is 21.0. The summed E-state index contributed by atoms with van der Waals surface area (Å²) in [6.07, 6.45) is 19.2. The number of rotatable bonds is 2. The molecule has 0 saturated heterocycles. The van der Waals surface area contributed by atoms with Gasteiger partial charge in [-0.05, 0) is 11.1 Å². The van der Waals surface area contributed by atoms with Crippen LogP contribution in [-0.4, -0.2) is 3.21 Å². The fourth-order valence-corrected chi connectivity index (χ4v) is 7.07. The van der Waals surface area contributed by atoms with Crippen molar-refractivity contribution in [1.29, 1.82) is 0 Å². The second kappa shape index (κ2) is 14.4. The Morgan fingerprint density at radius 3 is 1.46 bits per heavy atom. The third kappa shape index (κ3) is 7.44. The third-order valence-corrected chi connectivity index (χ3v) is 10.5. The standard InChI is InChI=1S/C23H21.C15H14.C5H5.2ClH.Zr/c1-22(2)7-5-14-10-18-16(12-20(14)22)9-17-13-21-15(11-19(17)18)6-8-23(21,3)4;1-12-3-7-14(8-4-12)11-15-9-5-13(2)6-10-15;1-2-4-5-3-1;;;/h5-13H,1-4H3;3-10H,1-2H3;1-3H,4H2;2*1H;/q-1;;-1;;;+2/p-2. The van der Waals surface area contributed by atoms with Gasteiger partial charge in [0, 0.05) is 10.8 Å². The van der Waals surface area contributed by atoms with Gasteiger partial charge in [-0.2, -0.15) is 6.08 Å². The molecule has 0 N–H and O–H groups in total. The molecule has 0 aromatic heterocycles. The first-order valence-electron chi connectivity index (χ1n) is 15.6. The monoisotopic (exact) mass is 716 g/mol. The van der Waals surface area contributed by atoms with Crippen LogP contribution in [0, 0.1) is 19.9 Å². The summed E-state index contributed by atoms with van der Waals surface area (Å²) in [6, 6.07) is 29.5. The van der Waals surface area contributed by atoms with E-state index >= 15 is 0 Å². The number of aryl methyl sites for hydroxylation is 2. The van der Waals surface area contributed by atoms with Crippen molar-refractivity contribution in [1.82, 2.24) is 0 Å². The van der Waals surface area contributed by atoms with E-state index in [0.29, 0.717) is 0 Å². The van der Waals surface area contributed by atoms with Crippen LogP contribution in [0.2, 0.25) is 0 Å². The van der Waals surface area contributed by atoms with Crippen molar-refractivity contribution < 1.29 is 49.0 Å². The molecule has 0 spiro atoms. The Kier molecular flexibility index (Phi) is 11.3. The predicted octanol–water partition coefficient (Wildman–Crippen LogP) is 5.05. The van der Waals surface area contributed by atoms with Crippen LogP contribution in [0.1, 0.15) is 78.6 Å². The minimum atomic E-state index is 0. The molecule has 8 rings (SSSR count). The zero-order valence-corrected chi connectivity index (χ0v) is 31.5. The molecule has 0 aliphatic heterocycles. The van der Waals surface area contributed by atoms with Crippen LogP contribution in [0.4, 0.5) is 0 Å². The van der Waals surface area contributed by atoms with Gasteiger partial charge in [0.2, 0.25) is 0 Å². The van der Waals surface area contributed by atoms with Gasteiger partial charge in [-0.25, -0.2) is 12.2 Å². The normalized spacial score (nSPS) is 15.3. The smallest absolute Gasteiger partial charge is 0.109 e. The van der Waals surface area contributed by atoms with Crippen molar-refractivity contribution in [2.24, 2.45) is 0 Å². The van der Waals surface area contributed by atoms with E-state index in [1.165, 1.54) is 93.5 Å². The first-order valence-corrected chi connectivity index (χ1v) is 16.8. The molecular weight excluding hydrogens is 679 g/mol. The van der Waals surface area contributed by atoms with Crippen molar-refractivity contribution in [2.75, 3.05) is 0 Å². The molecule has 0 saturated carbocycles. The molecule has 5 aromatic rings. The van der Waals surface area contributed by atoms with Crippen LogP contribution in [0.15, 0.2) is 109 Å². The second-order valence-corrected chi connectivity index (χ2v) is 14.6. The molecule has 0 unspecified atom stereocenters. The Balaban J connectivity index is 0.000000183. The SMILES string of the molecule is CC1(C)C=Cc2cc3c(cc21)[cH-]c1cc2c(cc13)C=CC2(C)C.Cc1ccc([C](=[Zr+2])c2ccc(C)cc2)cc1.[C-]1=CC=CC1.[Cl-].[Cl-]. The third-order valence-electron chi connectivity index (χ3n) is 9.06. The average molecular weight is 719 g/mol. The van der Waals surface area contributed by atoms with E-state index in [4.69, 9.17) is 0 Å². The van der Waals surface area contributed by atoms with Crippen molar-refractivity contribution in [2.45, 2.75) is 58.8 Å². The molecule has 5 aromatic carbocycles. The van der Waals surface area contributed by atoms with E-state index in [-0.39, 0.29) is 35.6 Å². The van der Waals surface area contributed by atoms with Gasteiger partial charge >= 0.3 is 112 Å². The Morgan fingerprint density at radius 2 is 1.11 bits per heavy atom. The molecule has 0 atom stereocenters. The molecule has 0 heterocycles. The minimum absolute atomic E-state index is 0. The van der Waals surface area contributed by atoms with Crippen molar-refractivity contribution >= 4 is 36.9 Å². The largest absolute Gasteiger partial charge is 1.00 e. The molecule has 0 radical (unpaired) electrons. The topological polar surface area (TPSA) is 0 Å². The molecule has 3 heteroatoms. The Labute approximate surface area is 302 Å². The average Bonchev–Trinajstić information content (AvgIpc) is 3.80. The maximum absolute atomic E-state index is 2.99. The molecular formula is C43H40Cl2Zr-2. The van der Waals surface area contributed by atoms with Gasteiger partial charge < -0.3 is 24.8 Å². The van der Waals surface area contributed by atoms with Crippen LogP contribution >= 0.6 is 0 Å². The fraction of sp³-hybridized carbons (Fsp3) is 0.209. The predicted molar refractivity (Wildman–Crippen MR) is 188 cm³/mol. The zero-order chi connectivity index (χ0) is 31.1. The van der Waals surface area contributed by atoms with E-state index in [0.717, 1.165) is 6.42 Å². The van der Waals surface area contributed by atoms with Gasteiger partial charge in [-0.3, -0.25) is 6.08 Å². The van der Waals surface area contributed by atoms with Crippen LogP contribution in [0.25, 0.3) is 33.7 Å². The fourth-order valence-electron chi connectivity index (χ4n) is 6.25. The number of allylic oxidation sites excluding steroid dienone is 6.